The summed E-state index contributed by atoms with van der Waals surface area (Å²) >= 11 is 1.33. The van der Waals surface area contributed by atoms with E-state index in [1.165, 1.54) is 24.5 Å². The van der Waals surface area contributed by atoms with E-state index in [0.717, 1.165) is 33.7 Å². The second-order valence-electron chi connectivity index (χ2n) is 5.80. The maximum absolute atomic E-state index is 13.8. The summed E-state index contributed by atoms with van der Waals surface area (Å²) in [5.41, 5.74) is 2.23. The van der Waals surface area contributed by atoms with Gasteiger partial charge in [0.2, 0.25) is 0 Å². The Hall–Kier alpha value is -2.61. The van der Waals surface area contributed by atoms with E-state index < -0.39 is 23.1 Å². The molecule has 0 atom stereocenters. The molecule has 1 amide bonds. The van der Waals surface area contributed by atoms with Gasteiger partial charge in [-0.1, -0.05) is 24.3 Å². The molecule has 0 saturated heterocycles. The van der Waals surface area contributed by atoms with Crippen LogP contribution in [0.5, 0.6) is 0 Å². The van der Waals surface area contributed by atoms with Gasteiger partial charge >= 0.3 is 0 Å². The molecular weight excluding hydrogens is 372 g/mol. The van der Waals surface area contributed by atoms with Crippen molar-refractivity contribution in [3.63, 3.8) is 0 Å². The molecule has 0 fully saturated rings. The lowest BCUT2D eigenvalue weighted by molar-refractivity contribution is -0.282. The van der Waals surface area contributed by atoms with Crippen LogP contribution in [0.4, 0.5) is 13.8 Å². The van der Waals surface area contributed by atoms with E-state index in [-0.39, 0.29) is 0 Å². The zero-order valence-corrected chi connectivity index (χ0v) is 15.5. The molecule has 0 aliphatic carbocycles. The zero-order valence-electron chi connectivity index (χ0n) is 14.7. The highest BCUT2D eigenvalue weighted by Gasteiger charge is 2.18. The average molecular weight is 389 g/mol. The molecule has 0 aliphatic heterocycles. The van der Waals surface area contributed by atoms with Crippen molar-refractivity contribution in [2.24, 2.45) is 0 Å². The number of amides is 1. The van der Waals surface area contributed by atoms with Crippen LogP contribution in [0.3, 0.4) is 0 Å². The highest BCUT2D eigenvalue weighted by atomic mass is 32.1. The summed E-state index contributed by atoms with van der Waals surface area (Å²) in [4.78, 5) is 22.8. The van der Waals surface area contributed by atoms with E-state index in [1.54, 1.807) is 6.07 Å². The normalized spacial score (nSPS) is 10.8. The Kier molecular flexibility index (Phi) is 5.95. The van der Waals surface area contributed by atoms with E-state index in [4.69, 9.17) is 4.89 Å². The highest BCUT2D eigenvalue weighted by molar-refractivity contribution is 7.19. The highest BCUT2D eigenvalue weighted by Crippen LogP contribution is 2.36. The van der Waals surface area contributed by atoms with Crippen LogP contribution in [0.25, 0.3) is 10.4 Å². The summed E-state index contributed by atoms with van der Waals surface area (Å²) < 4.78 is 27.6. The second kappa shape index (κ2) is 8.39. The molecule has 7 heteroatoms. The first kappa shape index (κ1) is 19.2. The van der Waals surface area contributed by atoms with Gasteiger partial charge < -0.3 is 5.32 Å². The maximum atomic E-state index is 13.8. The summed E-state index contributed by atoms with van der Waals surface area (Å²) in [6.45, 7) is 2.22. The van der Waals surface area contributed by atoms with Crippen LogP contribution in [0.15, 0.2) is 48.5 Å². The van der Waals surface area contributed by atoms with Crippen LogP contribution in [-0.4, -0.2) is 13.0 Å². The minimum Gasteiger partial charge on any atom is -0.313 e. The third-order valence-corrected chi connectivity index (χ3v) is 5.08. The molecule has 27 heavy (non-hydrogen) atoms. The molecule has 0 bridgehead atoms. The summed E-state index contributed by atoms with van der Waals surface area (Å²) in [7, 11) is 1.45. The van der Waals surface area contributed by atoms with Gasteiger partial charge in [0, 0.05) is 4.88 Å². The molecule has 0 spiro atoms. The van der Waals surface area contributed by atoms with Gasteiger partial charge in [-0.05, 0) is 47.9 Å². The van der Waals surface area contributed by atoms with E-state index in [1.807, 2.05) is 31.2 Å². The molecule has 0 unspecified atom stereocenters. The van der Waals surface area contributed by atoms with Crippen LogP contribution in [0.1, 0.15) is 21.5 Å². The van der Waals surface area contributed by atoms with Crippen LogP contribution in [-0.2, 0) is 16.4 Å². The summed E-state index contributed by atoms with van der Waals surface area (Å²) in [6, 6.07) is 12.8. The zero-order chi connectivity index (χ0) is 19.4. The molecule has 0 radical (unpaired) electrons. The number of rotatable bonds is 6. The molecule has 1 heterocycles. The summed E-state index contributed by atoms with van der Waals surface area (Å²) in [6.07, 6.45) is 0. The van der Waals surface area contributed by atoms with E-state index in [0.29, 0.717) is 11.6 Å². The SMILES string of the molecule is COOCc1cccc(-c2sc(NC(=O)c3c(F)cccc3F)cc2C)c1. The number of carbonyl (C=O) groups excluding carboxylic acids is 1. The van der Waals surface area contributed by atoms with Crippen molar-refractivity contribution in [1.29, 1.82) is 0 Å². The van der Waals surface area contributed by atoms with Crippen molar-refractivity contribution in [3.8, 4) is 10.4 Å². The van der Waals surface area contributed by atoms with E-state index in [2.05, 4.69) is 10.2 Å². The fraction of sp³-hybridized carbons (Fsp3) is 0.150. The molecular formula is C20H17F2NO3S. The lowest BCUT2D eigenvalue weighted by Gasteiger charge is -2.05. The Morgan fingerprint density at radius 1 is 1.11 bits per heavy atom. The number of thiophene rings is 1. The molecule has 4 nitrogen and oxygen atoms in total. The number of aryl methyl sites for hydroxylation is 1. The number of hydrogen-bond acceptors (Lipinski definition) is 4. The monoisotopic (exact) mass is 389 g/mol. The van der Waals surface area contributed by atoms with Gasteiger partial charge in [0.15, 0.2) is 0 Å². The second-order valence-corrected chi connectivity index (χ2v) is 6.86. The predicted octanol–water partition coefficient (Wildman–Crippen LogP) is 5.33. The average Bonchev–Trinajstić information content (AvgIpc) is 3.00. The first-order valence-electron chi connectivity index (χ1n) is 8.10. The van der Waals surface area contributed by atoms with Crippen LogP contribution in [0, 0.1) is 18.6 Å². The predicted molar refractivity (Wildman–Crippen MR) is 101 cm³/mol. The smallest absolute Gasteiger partial charge is 0.262 e. The quantitative estimate of drug-likeness (QED) is 0.458. The van der Waals surface area contributed by atoms with Gasteiger partial charge in [-0.15, -0.1) is 11.3 Å². The minimum absolute atomic E-state index is 0.310. The van der Waals surface area contributed by atoms with Gasteiger partial charge in [0.05, 0.1) is 12.1 Å². The molecule has 0 saturated carbocycles. The summed E-state index contributed by atoms with van der Waals surface area (Å²) in [5, 5.41) is 3.08. The van der Waals surface area contributed by atoms with Crippen LogP contribution < -0.4 is 5.32 Å². The molecule has 3 rings (SSSR count). The van der Waals surface area contributed by atoms with Gasteiger partial charge in [-0.25, -0.2) is 18.6 Å². The van der Waals surface area contributed by atoms with E-state index in [9.17, 15) is 13.6 Å². The lowest BCUT2D eigenvalue weighted by atomic mass is 10.1. The third-order valence-electron chi connectivity index (χ3n) is 3.88. The van der Waals surface area contributed by atoms with Crippen molar-refractivity contribution < 1.29 is 23.4 Å². The number of anilines is 1. The molecule has 2 aromatic carbocycles. The van der Waals surface area contributed by atoms with Crippen molar-refractivity contribution in [2.45, 2.75) is 13.5 Å². The van der Waals surface area contributed by atoms with Crippen molar-refractivity contribution in [2.75, 3.05) is 12.4 Å². The topological polar surface area (TPSA) is 47.6 Å². The molecule has 0 aliphatic rings. The molecule has 1 aromatic heterocycles. The van der Waals surface area contributed by atoms with E-state index >= 15 is 0 Å². The Morgan fingerprint density at radius 3 is 2.52 bits per heavy atom. The van der Waals surface area contributed by atoms with Gasteiger partial charge in [0.1, 0.15) is 23.8 Å². The number of halogens is 2. The number of carbonyl (C=O) groups is 1. The number of hydrogen-bond donors (Lipinski definition) is 1. The van der Waals surface area contributed by atoms with Crippen LogP contribution in [0.2, 0.25) is 0 Å². The first-order chi connectivity index (χ1) is 13.0. The molecule has 140 valence electrons. The first-order valence-corrected chi connectivity index (χ1v) is 8.92. The van der Waals surface area contributed by atoms with Crippen molar-refractivity contribution in [1.82, 2.24) is 0 Å². The largest absolute Gasteiger partial charge is 0.313 e. The molecule has 3 aromatic rings. The number of benzene rings is 2. The fourth-order valence-corrected chi connectivity index (χ4v) is 3.71. The lowest BCUT2D eigenvalue weighted by Crippen LogP contribution is -2.15. The Labute approximate surface area is 159 Å². The Bertz CT molecular complexity index is 951. The van der Waals surface area contributed by atoms with Gasteiger partial charge in [-0.3, -0.25) is 4.79 Å². The minimum atomic E-state index is -0.896. The summed E-state index contributed by atoms with van der Waals surface area (Å²) in [5.74, 6) is -2.61. The standard InChI is InChI=1S/C20H17F2NO3S/c1-12-9-17(23-20(24)18-15(21)7-4-8-16(18)22)27-19(12)14-6-3-5-13(10-14)11-26-25-2/h3-10H,11H2,1-2H3,(H,23,24). The number of nitrogens with one attached hydrogen (secondary N) is 1. The maximum Gasteiger partial charge on any atom is 0.262 e. The van der Waals surface area contributed by atoms with Gasteiger partial charge in [-0.2, -0.15) is 0 Å². The van der Waals surface area contributed by atoms with Crippen molar-refractivity contribution in [3.05, 3.63) is 76.9 Å². The van der Waals surface area contributed by atoms with Crippen LogP contribution >= 0.6 is 11.3 Å². The molecule has 1 N–H and O–H groups in total. The third kappa shape index (κ3) is 4.39. The fourth-order valence-electron chi connectivity index (χ4n) is 2.65. The Balaban J connectivity index is 1.84. The van der Waals surface area contributed by atoms with Gasteiger partial charge in [0.25, 0.3) is 5.91 Å². The Morgan fingerprint density at radius 2 is 1.81 bits per heavy atom. The van der Waals surface area contributed by atoms with Crippen molar-refractivity contribution >= 4 is 22.2 Å².